The lowest BCUT2D eigenvalue weighted by Gasteiger charge is -2.26. The first kappa shape index (κ1) is 11.6. The average molecular weight is 172 g/mol. The van der Waals surface area contributed by atoms with Crippen LogP contribution >= 0.6 is 0 Å². The fourth-order valence-electron chi connectivity index (χ4n) is 1.36. The molecule has 0 rings (SSSR count). The number of hydrogen-bond donors (Lipinski definition) is 2. The maximum absolute atomic E-state index is 10.9. The first-order chi connectivity index (χ1) is 5.24. The zero-order chi connectivity index (χ0) is 9.94. The van der Waals surface area contributed by atoms with Crippen LogP contribution in [0.5, 0.6) is 0 Å². The van der Waals surface area contributed by atoms with Crippen LogP contribution < -0.4 is 11.5 Å². The Labute approximate surface area is 74.5 Å². The molecule has 0 saturated carbocycles. The highest BCUT2D eigenvalue weighted by Crippen LogP contribution is 2.15. The second kappa shape index (κ2) is 4.01. The highest BCUT2D eigenvalue weighted by Gasteiger charge is 2.22. The van der Waals surface area contributed by atoms with Gasteiger partial charge in [0, 0.05) is 5.54 Å². The average Bonchev–Trinajstić information content (AvgIpc) is 1.82. The van der Waals surface area contributed by atoms with Crippen molar-refractivity contribution < 1.29 is 4.79 Å². The summed E-state index contributed by atoms with van der Waals surface area (Å²) in [6.07, 6.45) is 0.772. The van der Waals surface area contributed by atoms with Gasteiger partial charge >= 0.3 is 0 Å². The van der Waals surface area contributed by atoms with Gasteiger partial charge in [0.15, 0.2) is 0 Å². The predicted molar refractivity (Wildman–Crippen MR) is 50.7 cm³/mol. The molecule has 0 radical (unpaired) electrons. The molecule has 0 aromatic rings. The Kier molecular flexibility index (Phi) is 3.87. The van der Waals surface area contributed by atoms with E-state index in [0.29, 0.717) is 0 Å². The van der Waals surface area contributed by atoms with Crippen LogP contribution in [0.4, 0.5) is 0 Å². The Bertz CT molecular complexity index is 160. The Hall–Kier alpha value is -0.410. The molecule has 0 heterocycles. The van der Waals surface area contributed by atoms with Crippen LogP contribution in [0.3, 0.4) is 0 Å². The maximum Gasteiger partial charge on any atom is 0.146 e. The number of nitrogens with two attached hydrogens (primary N) is 2. The third kappa shape index (κ3) is 4.46. The minimum absolute atomic E-state index is 0.0340. The zero-order valence-electron chi connectivity index (χ0n) is 8.42. The zero-order valence-corrected chi connectivity index (χ0v) is 8.42. The van der Waals surface area contributed by atoms with E-state index in [1.165, 1.54) is 6.92 Å². The van der Waals surface area contributed by atoms with Crippen molar-refractivity contribution in [2.24, 2.45) is 17.4 Å². The van der Waals surface area contributed by atoms with Crippen LogP contribution in [-0.4, -0.2) is 17.4 Å². The van der Waals surface area contributed by atoms with Gasteiger partial charge in [-0.25, -0.2) is 0 Å². The van der Waals surface area contributed by atoms with Crippen LogP contribution in [0.25, 0.3) is 0 Å². The van der Waals surface area contributed by atoms with E-state index in [-0.39, 0.29) is 23.3 Å². The number of ketones is 1. The van der Waals surface area contributed by atoms with Crippen molar-refractivity contribution >= 4 is 5.78 Å². The van der Waals surface area contributed by atoms with Crippen LogP contribution in [-0.2, 0) is 4.79 Å². The Morgan fingerprint density at radius 2 is 1.92 bits per heavy atom. The lowest BCUT2D eigenvalue weighted by Crippen LogP contribution is -2.42. The molecule has 4 N–H and O–H groups in total. The van der Waals surface area contributed by atoms with Gasteiger partial charge in [-0.15, -0.1) is 0 Å². The Morgan fingerprint density at radius 3 is 2.17 bits per heavy atom. The molecule has 3 nitrogen and oxygen atoms in total. The molecule has 0 bridgehead atoms. The third-order valence-electron chi connectivity index (χ3n) is 1.93. The minimum atomic E-state index is -0.368. The van der Waals surface area contributed by atoms with Crippen molar-refractivity contribution in [3.8, 4) is 0 Å². The van der Waals surface area contributed by atoms with E-state index in [1.807, 2.05) is 20.8 Å². The molecule has 12 heavy (non-hydrogen) atoms. The summed E-state index contributed by atoms with van der Waals surface area (Å²) in [4.78, 5) is 10.9. The molecule has 2 atom stereocenters. The van der Waals surface area contributed by atoms with Gasteiger partial charge in [-0.1, -0.05) is 6.92 Å². The summed E-state index contributed by atoms with van der Waals surface area (Å²) in [6, 6.07) is -0.368. The Morgan fingerprint density at radius 1 is 1.50 bits per heavy atom. The molecule has 72 valence electrons. The standard InChI is InChI=1S/C9H20N2O/c1-6(5-9(3,4)11)8(10)7(2)12/h6,8H,5,10-11H2,1-4H3. The second-order valence-electron chi connectivity index (χ2n) is 4.31. The number of hydrogen-bond acceptors (Lipinski definition) is 3. The lowest BCUT2D eigenvalue weighted by atomic mass is 9.87. The highest BCUT2D eigenvalue weighted by atomic mass is 16.1. The summed E-state index contributed by atoms with van der Waals surface area (Å²) < 4.78 is 0. The molecule has 0 aliphatic rings. The summed E-state index contributed by atoms with van der Waals surface area (Å²) in [7, 11) is 0. The van der Waals surface area contributed by atoms with Gasteiger partial charge in [-0.3, -0.25) is 4.79 Å². The van der Waals surface area contributed by atoms with Gasteiger partial charge in [0.05, 0.1) is 6.04 Å². The predicted octanol–water partition coefficient (Wildman–Crippen LogP) is 0.666. The van der Waals surface area contributed by atoms with Crippen LogP contribution in [0.2, 0.25) is 0 Å². The largest absolute Gasteiger partial charge is 0.326 e. The summed E-state index contributed by atoms with van der Waals surface area (Å²) in [5.74, 6) is 0.189. The summed E-state index contributed by atoms with van der Waals surface area (Å²) >= 11 is 0. The quantitative estimate of drug-likeness (QED) is 0.654. The van der Waals surface area contributed by atoms with E-state index < -0.39 is 0 Å². The first-order valence-electron chi connectivity index (χ1n) is 4.29. The summed E-state index contributed by atoms with van der Waals surface area (Å²) in [6.45, 7) is 7.36. The van der Waals surface area contributed by atoms with Gasteiger partial charge in [0.2, 0.25) is 0 Å². The fraction of sp³-hybridized carbons (Fsp3) is 0.889. The SMILES string of the molecule is CC(=O)C(N)C(C)CC(C)(C)N. The first-order valence-corrected chi connectivity index (χ1v) is 4.29. The maximum atomic E-state index is 10.9. The molecule has 2 unspecified atom stereocenters. The molecule has 0 saturated heterocycles. The topological polar surface area (TPSA) is 69.1 Å². The molecule has 0 aliphatic heterocycles. The third-order valence-corrected chi connectivity index (χ3v) is 1.93. The lowest BCUT2D eigenvalue weighted by molar-refractivity contribution is -0.119. The highest BCUT2D eigenvalue weighted by molar-refractivity contribution is 5.81. The monoisotopic (exact) mass is 172 g/mol. The summed E-state index contributed by atoms with van der Waals surface area (Å²) in [5, 5.41) is 0. The van der Waals surface area contributed by atoms with E-state index >= 15 is 0 Å². The van der Waals surface area contributed by atoms with Gasteiger partial charge in [-0.05, 0) is 33.1 Å². The van der Waals surface area contributed by atoms with Crippen LogP contribution in [0, 0.1) is 5.92 Å². The van der Waals surface area contributed by atoms with Crippen molar-refractivity contribution in [2.45, 2.75) is 45.7 Å². The molecule has 0 aromatic carbocycles. The van der Waals surface area contributed by atoms with Crippen molar-refractivity contribution in [3.63, 3.8) is 0 Å². The van der Waals surface area contributed by atoms with Gasteiger partial charge < -0.3 is 11.5 Å². The molecule has 0 aliphatic carbocycles. The fourth-order valence-corrected chi connectivity index (χ4v) is 1.36. The molecule has 0 aromatic heterocycles. The van der Waals surface area contributed by atoms with E-state index in [1.54, 1.807) is 0 Å². The minimum Gasteiger partial charge on any atom is -0.326 e. The van der Waals surface area contributed by atoms with Gasteiger partial charge in [0.1, 0.15) is 5.78 Å². The second-order valence-corrected chi connectivity index (χ2v) is 4.31. The van der Waals surface area contributed by atoms with Crippen molar-refractivity contribution in [1.29, 1.82) is 0 Å². The molecule has 0 fully saturated rings. The molecule has 0 spiro atoms. The van der Waals surface area contributed by atoms with Crippen LogP contribution in [0.1, 0.15) is 34.1 Å². The number of rotatable bonds is 4. The van der Waals surface area contributed by atoms with E-state index in [4.69, 9.17) is 11.5 Å². The summed E-state index contributed by atoms with van der Waals surface area (Å²) in [5.41, 5.74) is 11.2. The smallest absolute Gasteiger partial charge is 0.146 e. The normalized spacial score (nSPS) is 17.2. The van der Waals surface area contributed by atoms with E-state index in [2.05, 4.69) is 0 Å². The molecule has 3 heteroatoms. The van der Waals surface area contributed by atoms with Crippen molar-refractivity contribution in [3.05, 3.63) is 0 Å². The molecular weight excluding hydrogens is 152 g/mol. The van der Waals surface area contributed by atoms with Gasteiger partial charge in [-0.2, -0.15) is 0 Å². The van der Waals surface area contributed by atoms with E-state index in [9.17, 15) is 4.79 Å². The molecule has 0 amide bonds. The van der Waals surface area contributed by atoms with Crippen molar-refractivity contribution in [2.75, 3.05) is 0 Å². The van der Waals surface area contributed by atoms with Gasteiger partial charge in [0.25, 0.3) is 0 Å². The molecular formula is C9H20N2O. The van der Waals surface area contributed by atoms with Crippen LogP contribution in [0.15, 0.2) is 0 Å². The number of Topliss-reactive ketones (excluding diaryl/α,β-unsaturated/α-hetero) is 1. The number of carbonyl (C=O) groups is 1. The number of carbonyl (C=O) groups excluding carboxylic acids is 1. The van der Waals surface area contributed by atoms with Crippen molar-refractivity contribution in [1.82, 2.24) is 0 Å². The Balaban J connectivity index is 4.04. The van der Waals surface area contributed by atoms with E-state index in [0.717, 1.165) is 6.42 Å².